The van der Waals surface area contributed by atoms with E-state index >= 15 is 0 Å². The van der Waals surface area contributed by atoms with Crippen LogP contribution < -0.4 is 0 Å². The van der Waals surface area contributed by atoms with E-state index in [0.717, 1.165) is 16.8 Å². The van der Waals surface area contributed by atoms with Crippen molar-refractivity contribution < 1.29 is 14.6 Å². The number of hydrogen-bond donors (Lipinski definition) is 1. The van der Waals surface area contributed by atoms with Crippen LogP contribution in [0.15, 0.2) is 30.6 Å². The van der Waals surface area contributed by atoms with Crippen LogP contribution in [0.1, 0.15) is 24.1 Å². The summed E-state index contributed by atoms with van der Waals surface area (Å²) in [6, 6.07) is 7.13. The second-order valence-corrected chi connectivity index (χ2v) is 7.59. The summed E-state index contributed by atoms with van der Waals surface area (Å²) in [7, 11) is 0. The topological polar surface area (TPSA) is 80.5 Å². The van der Waals surface area contributed by atoms with E-state index < -0.39 is 6.09 Å². The van der Waals surface area contributed by atoms with Crippen molar-refractivity contribution in [2.75, 3.05) is 13.2 Å². The largest absolute Gasteiger partial charge is 0.465 e. The summed E-state index contributed by atoms with van der Waals surface area (Å²) in [6.45, 7) is 4.47. The van der Waals surface area contributed by atoms with E-state index in [-0.39, 0.29) is 12.1 Å². The molecule has 1 fully saturated rings. The molecule has 1 saturated heterocycles. The fourth-order valence-corrected chi connectivity index (χ4v) is 4.11. The number of fused-ring (bicyclic) bond motifs is 1. The predicted octanol–water partition coefficient (Wildman–Crippen LogP) is 4.48. The molecule has 0 aliphatic carbocycles. The Hall–Kier alpha value is -2.35. The first-order chi connectivity index (χ1) is 13.4. The van der Waals surface area contributed by atoms with E-state index in [9.17, 15) is 9.90 Å². The lowest BCUT2D eigenvalue weighted by molar-refractivity contribution is -0.0466. The fourth-order valence-electron chi connectivity index (χ4n) is 3.64. The molecular weight excluding hydrogens is 403 g/mol. The Morgan fingerprint density at radius 3 is 2.79 bits per heavy atom. The SMILES string of the molecule is Cc1cc(-n2c(Cl)cc3c(Cl)ncnc32)ccc1[C@H]1CO[C@H](C)CN1C(=O)O. The molecule has 3 heterocycles. The van der Waals surface area contributed by atoms with E-state index in [1.165, 1.54) is 11.2 Å². The standard InChI is InChI=1S/C19H18Cl2N4O3/c1-10-5-12(25-16(20)6-14-17(21)22-9-23-18(14)25)3-4-13(10)15-8-28-11(2)7-24(15)19(26)27/h3-6,9,11,15H,7-8H2,1-2H3,(H,26,27)/t11-,15-/m1/s1. The number of aromatic nitrogens is 3. The third kappa shape index (κ3) is 3.19. The second-order valence-electron chi connectivity index (χ2n) is 6.84. The molecule has 2 atom stereocenters. The molecule has 146 valence electrons. The molecule has 4 rings (SSSR count). The molecule has 7 nitrogen and oxygen atoms in total. The molecule has 28 heavy (non-hydrogen) atoms. The van der Waals surface area contributed by atoms with Gasteiger partial charge >= 0.3 is 6.09 Å². The number of hydrogen-bond acceptors (Lipinski definition) is 4. The van der Waals surface area contributed by atoms with Crippen molar-refractivity contribution in [2.24, 2.45) is 0 Å². The Kier molecular flexibility index (Phi) is 4.91. The van der Waals surface area contributed by atoms with Crippen LogP contribution in [0.5, 0.6) is 0 Å². The molecular formula is C19H18Cl2N4O3. The number of carbonyl (C=O) groups is 1. The minimum absolute atomic E-state index is 0.124. The number of benzene rings is 1. The molecule has 3 aromatic rings. The van der Waals surface area contributed by atoms with Gasteiger partial charge in [0.05, 0.1) is 30.7 Å². The van der Waals surface area contributed by atoms with Crippen LogP contribution in [0.4, 0.5) is 4.79 Å². The number of nitrogens with zero attached hydrogens (tertiary/aromatic N) is 4. The van der Waals surface area contributed by atoms with Gasteiger partial charge in [-0.1, -0.05) is 29.3 Å². The zero-order chi connectivity index (χ0) is 20.0. The van der Waals surface area contributed by atoms with Crippen molar-refractivity contribution in [3.05, 3.63) is 52.0 Å². The van der Waals surface area contributed by atoms with Gasteiger partial charge in [0.15, 0.2) is 5.65 Å². The minimum atomic E-state index is -0.950. The van der Waals surface area contributed by atoms with Crippen molar-refractivity contribution in [1.29, 1.82) is 0 Å². The average molecular weight is 421 g/mol. The van der Waals surface area contributed by atoms with E-state index in [0.29, 0.717) is 34.5 Å². The number of morpholine rings is 1. The normalized spacial score (nSPS) is 19.9. The third-order valence-corrected chi connectivity index (χ3v) is 5.57. The second kappa shape index (κ2) is 7.24. The lowest BCUT2D eigenvalue weighted by Crippen LogP contribution is -2.46. The van der Waals surface area contributed by atoms with Gasteiger partial charge in [0.25, 0.3) is 0 Å². The number of rotatable bonds is 2. The van der Waals surface area contributed by atoms with Gasteiger partial charge in [-0.3, -0.25) is 9.47 Å². The number of aryl methyl sites for hydroxylation is 1. The smallest absolute Gasteiger partial charge is 0.407 e. The Balaban J connectivity index is 1.76. The first-order valence-electron chi connectivity index (χ1n) is 8.76. The molecule has 1 N–H and O–H groups in total. The van der Waals surface area contributed by atoms with Crippen LogP contribution in [0.3, 0.4) is 0 Å². The van der Waals surface area contributed by atoms with Gasteiger partial charge in [-0.25, -0.2) is 14.8 Å². The van der Waals surface area contributed by atoms with E-state index in [2.05, 4.69) is 9.97 Å². The average Bonchev–Trinajstić information content (AvgIpc) is 2.99. The van der Waals surface area contributed by atoms with Crippen LogP contribution in [0.25, 0.3) is 16.7 Å². The van der Waals surface area contributed by atoms with Crippen LogP contribution in [-0.2, 0) is 4.74 Å². The summed E-state index contributed by atoms with van der Waals surface area (Å²) in [4.78, 5) is 21.4. The van der Waals surface area contributed by atoms with Gasteiger partial charge in [0, 0.05) is 5.69 Å². The predicted molar refractivity (Wildman–Crippen MR) is 107 cm³/mol. The molecule has 0 radical (unpaired) electrons. The van der Waals surface area contributed by atoms with Crippen molar-refractivity contribution in [3.8, 4) is 5.69 Å². The van der Waals surface area contributed by atoms with Crippen LogP contribution in [0, 0.1) is 6.92 Å². The van der Waals surface area contributed by atoms with Gasteiger partial charge in [0.2, 0.25) is 0 Å². The molecule has 0 spiro atoms. The van der Waals surface area contributed by atoms with Crippen molar-refractivity contribution in [1.82, 2.24) is 19.4 Å². The minimum Gasteiger partial charge on any atom is -0.465 e. The lowest BCUT2D eigenvalue weighted by Gasteiger charge is -2.37. The monoisotopic (exact) mass is 420 g/mol. The van der Waals surface area contributed by atoms with Crippen molar-refractivity contribution in [2.45, 2.75) is 26.0 Å². The Morgan fingerprint density at radius 2 is 2.07 bits per heavy atom. The van der Waals surface area contributed by atoms with Gasteiger partial charge < -0.3 is 9.84 Å². The van der Waals surface area contributed by atoms with Crippen molar-refractivity contribution in [3.63, 3.8) is 0 Å². The first kappa shape index (κ1) is 19.0. The van der Waals surface area contributed by atoms with Gasteiger partial charge in [-0.05, 0) is 43.2 Å². The number of carboxylic acid groups (broad SMARTS) is 1. The Bertz CT molecular complexity index is 1070. The first-order valence-corrected chi connectivity index (χ1v) is 9.52. The summed E-state index contributed by atoms with van der Waals surface area (Å²) in [5, 5.41) is 11.1. The molecule has 1 aliphatic rings. The van der Waals surface area contributed by atoms with Gasteiger partial charge in [0.1, 0.15) is 16.6 Å². The number of amides is 1. The Labute approximate surface area is 171 Å². The van der Waals surface area contributed by atoms with Crippen LogP contribution >= 0.6 is 23.2 Å². The molecule has 0 saturated carbocycles. The molecule has 1 aliphatic heterocycles. The summed E-state index contributed by atoms with van der Waals surface area (Å²) in [5.41, 5.74) is 3.25. The van der Waals surface area contributed by atoms with Gasteiger partial charge in [-0.15, -0.1) is 0 Å². The maximum atomic E-state index is 11.7. The highest BCUT2D eigenvalue weighted by molar-refractivity contribution is 6.36. The number of halogens is 2. The lowest BCUT2D eigenvalue weighted by atomic mass is 9.98. The molecule has 1 amide bonds. The summed E-state index contributed by atoms with van der Waals surface area (Å²) < 4.78 is 7.50. The number of ether oxygens (including phenoxy) is 1. The van der Waals surface area contributed by atoms with E-state index in [4.69, 9.17) is 27.9 Å². The molecule has 2 aromatic heterocycles. The highest BCUT2D eigenvalue weighted by Crippen LogP contribution is 2.33. The highest BCUT2D eigenvalue weighted by atomic mass is 35.5. The summed E-state index contributed by atoms with van der Waals surface area (Å²) in [6.07, 6.45) is 0.320. The molecule has 0 bridgehead atoms. The quantitative estimate of drug-likeness (QED) is 0.618. The van der Waals surface area contributed by atoms with Crippen molar-refractivity contribution >= 4 is 40.3 Å². The van der Waals surface area contributed by atoms with Crippen LogP contribution in [0.2, 0.25) is 10.3 Å². The molecule has 0 unspecified atom stereocenters. The zero-order valence-corrected chi connectivity index (χ0v) is 16.8. The van der Waals surface area contributed by atoms with Gasteiger partial charge in [-0.2, -0.15) is 0 Å². The maximum Gasteiger partial charge on any atom is 0.407 e. The molecule has 1 aromatic carbocycles. The molecule has 9 heteroatoms. The summed E-state index contributed by atoms with van der Waals surface area (Å²) >= 11 is 12.6. The summed E-state index contributed by atoms with van der Waals surface area (Å²) in [5.74, 6) is 0. The zero-order valence-electron chi connectivity index (χ0n) is 15.3. The fraction of sp³-hybridized carbons (Fsp3) is 0.316. The maximum absolute atomic E-state index is 11.7. The van der Waals surface area contributed by atoms with E-state index in [1.54, 1.807) is 10.6 Å². The Morgan fingerprint density at radius 1 is 1.29 bits per heavy atom. The highest BCUT2D eigenvalue weighted by Gasteiger charge is 2.32. The van der Waals surface area contributed by atoms with E-state index in [1.807, 2.05) is 32.0 Å². The third-order valence-electron chi connectivity index (χ3n) is 4.99. The van der Waals surface area contributed by atoms with Crippen LogP contribution in [-0.4, -0.2) is 49.9 Å².